The van der Waals surface area contributed by atoms with Crippen LogP contribution < -0.4 is 19.5 Å². The van der Waals surface area contributed by atoms with Gasteiger partial charge in [0, 0.05) is 23.0 Å². The molecule has 10 heteroatoms. The molecule has 7 nitrogen and oxygen atoms in total. The summed E-state index contributed by atoms with van der Waals surface area (Å²) in [6.45, 7) is -1.17. The van der Waals surface area contributed by atoms with Crippen LogP contribution in [0.5, 0.6) is 11.5 Å². The lowest BCUT2D eigenvalue weighted by Crippen LogP contribution is -2.15. The van der Waals surface area contributed by atoms with Crippen molar-refractivity contribution in [1.29, 1.82) is 0 Å². The molecule has 3 aromatic rings. The summed E-state index contributed by atoms with van der Waals surface area (Å²) in [6, 6.07) is 16.2. The molecule has 0 spiro atoms. The molecule has 0 atom stereocenters. The number of hydrogen-bond acceptors (Lipinski definition) is 5. The molecular weight excluding hydrogens is 442 g/mol. The number of sulfonamides is 1. The Labute approximate surface area is 184 Å². The predicted molar refractivity (Wildman–Crippen MR) is 116 cm³/mol. The largest absolute Gasteiger partial charge is 0.493 e. The van der Waals surface area contributed by atoms with E-state index in [0.717, 1.165) is 5.56 Å². The summed E-state index contributed by atoms with van der Waals surface area (Å²) in [5.74, 6) is -0.712. The number of carbonyl (C=O) groups is 1. The van der Waals surface area contributed by atoms with E-state index < -0.39 is 22.5 Å². The third kappa shape index (κ3) is 5.73. The smallest absolute Gasteiger partial charge is 0.387 e. The van der Waals surface area contributed by atoms with Gasteiger partial charge >= 0.3 is 6.61 Å². The number of rotatable bonds is 8. The third-order valence-electron chi connectivity index (χ3n) is 4.37. The highest BCUT2D eigenvalue weighted by Crippen LogP contribution is 2.31. The Kier molecular flexibility index (Phi) is 6.94. The molecule has 0 aliphatic carbocycles. The lowest BCUT2D eigenvalue weighted by molar-refractivity contribution is -0.0511. The van der Waals surface area contributed by atoms with Crippen LogP contribution in [0.2, 0.25) is 0 Å². The van der Waals surface area contributed by atoms with Crippen molar-refractivity contribution in [2.45, 2.75) is 18.4 Å². The van der Waals surface area contributed by atoms with Crippen LogP contribution in [0.25, 0.3) is 0 Å². The number of benzene rings is 3. The van der Waals surface area contributed by atoms with Gasteiger partial charge < -0.3 is 14.8 Å². The number of anilines is 2. The summed E-state index contributed by atoms with van der Waals surface area (Å²) >= 11 is 0. The normalized spacial score (nSPS) is 11.2. The summed E-state index contributed by atoms with van der Waals surface area (Å²) in [5.41, 5.74) is 1.78. The van der Waals surface area contributed by atoms with Crippen LogP contribution in [-0.2, 0) is 10.0 Å². The average Bonchev–Trinajstić information content (AvgIpc) is 2.75. The molecule has 168 valence electrons. The van der Waals surface area contributed by atoms with Crippen LogP contribution in [0.1, 0.15) is 15.9 Å². The molecule has 0 aliphatic rings. The molecule has 3 rings (SSSR count). The molecule has 0 heterocycles. The maximum Gasteiger partial charge on any atom is 0.387 e. The molecule has 0 saturated heterocycles. The van der Waals surface area contributed by atoms with Crippen LogP contribution in [0.4, 0.5) is 20.2 Å². The molecular formula is C22H20F2N2O5S. The van der Waals surface area contributed by atoms with Crippen molar-refractivity contribution in [1.82, 2.24) is 0 Å². The van der Waals surface area contributed by atoms with Gasteiger partial charge in [0.1, 0.15) is 0 Å². The molecule has 0 bridgehead atoms. The van der Waals surface area contributed by atoms with E-state index in [1.807, 2.05) is 6.92 Å². The Balaban J connectivity index is 1.73. The molecule has 0 unspecified atom stereocenters. The Morgan fingerprint density at radius 2 is 1.53 bits per heavy atom. The van der Waals surface area contributed by atoms with Crippen molar-refractivity contribution >= 4 is 27.3 Å². The molecule has 2 N–H and O–H groups in total. The van der Waals surface area contributed by atoms with Crippen molar-refractivity contribution in [3.63, 3.8) is 0 Å². The summed E-state index contributed by atoms with van der Waals surface area (Å²) in [5, 5.41) is 2.54. The van der Waals surface area contributed by atoms with Crippen LogP contribution in [0.15, 0.2) is 71.6 Å². The van der Waals surface area contributed by atoms with E-state index in [2.05, 4.69) is 14.8 Å². The fourth-order valence-corrected chi connectivity index (χ4v) is 3.83. The van der Waals surface area contributed by atoms with E-state index in [1.165, 1.54) is 49.6 Å². The SMILES string of the molecule is COc1ccc(NC(=O)c2ccc(S(=O)(=O)Nc3ccc(C)cc3)cc2)cc1OC(F)F. The van der Waals surface area contributed by atoms with Gasteiger partial charge in [-0.2, -0.15) is 8.78 Å². The first-order valence-corrected chi connectivity index (χ1v) is 10.8. The van der Waals surface area contributed by atoms with Gasteiger partial charge in [0.2, 0.25) is 0 Å². The summed E-state index contributed by atoms with van der Waals surface area (Å²) < 4.78 is 62.0. The Hall–Kier alpha value is -3.66. The minimum atomic E-state index is -3.84. The lowest BCUT2D eigenvalue weighted by atomic mass is 10.2. The topological polar surface area (TPSA) is 93.7 Å². The summed E-state index contributed by atoms with van der Waals surface area (Å²) in [4.78, 5) is 12.5. The summed E-state index contributed by atoms with van der Waals surface area (Å²) in [7, 11) is -2.53. The second-order valence-electron chi connectivity index (χ2n) is 6.69. The fraction of sp³-hybridized carbons (Fsp3) is 0.136. The number of methoxy groups -OCH3 is 1. The van der Waals surface area contributed by atoms with Crippen molar-refractivity contribution in [2.75, 3.05) is 17.1 Å². The number of carbonyl (C=O) groups excluding carboxylic acids is 1. The monoisotopic (exact) mass is 462 g/mol. The van der Waals surface area contributed by atoms with Gasteiger partial charge in [-0.05, 0) is 55.5 Å². The van der Waals surface area contributed by atoms with Crippen molar-refractivity contribution in [2.24, 2.45) is 0 Å². The number of ether oxygens (including phenoxy) is 2. The molecule has 32 heavy (non-hydrogen) atoms. The van der Waals surface area contributed by atoms with Gasteiger partial charge in [0.15, 0.2) is 11.5 Å². The standard InChI is InChI=1S/C22H20F2N2O5S/c1-14-3-7-16(8-4-14)26-32(28,29)18-10-5-15(6-11-18)21(27)25-17-9-12-19(30-2)20(13-17)31-22(23)24/h3-13,22,26H,1-2H3,(H,25,27). The third-order valence-corrected chi connectivity index (χ3v) is 5.77. The van der Waals surface area contributed by atoms with E-state index in [4.69, 9.17) is 4.74 Å². The summed E-state index contributed by atoms with van der Waals surface area (Å²) in [6.07, 6.45) is 0. The van der Waals surface area contributed by atoms with E-state index in [1.54, 1.807) is 24.3 Å². The van der Waals surface area contributed by atoms with Crippen molar-refractivity contribution < 1.29 is 31.5 Å². The number of nitrogens with one attached hydrogen (secondary N) is 2. The second-order valence-corrected chi connectivity index (χ2v) is 8.38. The van der Waals surface area contributed by atoms with E-state index in [0.29, 0.717) is 5.69 Å². The molecule has 3 aromatic carbocycles. The van der Waals surface area contributed by atoms with Crippen LogP contribution in [0.3, 0.4) is 0 Å². The highest BCUT2D eigenvalue weighted by Gasteiger charge is 2.16. The van der Waals surface area contributed by atoms with Crippen LogP contribution in [0, 0.1) is 6.92 Å². The van der Waals surface area contributed by atoms with Crippen molar-refractivity contribution in [3.8, 4) is 11.5 Å². The number of halogens is 2. The van der Waals surface area contributed by atoms with Crippen LogP contribution >= 0.6 is 0 Å². The Bertz CT molecular complexity index is 1200. The Morgan fingerprint density at radius 3 is 2.12 bits per heavy atom. The number of aryl methyl sites for hydroxylation is 1. The highest BCUT2D eigenvalue weighted by atomic mass is 32.2. The quantitative estimate of drug-likeness (QED) is 0.508. The molecule has 0 aromatic heterocycles. The van der Waals surface area contributed by atoms with Gasteiger partial charge in [-0.25, -0.2) is 8.42 Å². The first-order chi connectivity index (χ1) is 15.2. The molecule has 0 fully saturated rings. The average molecular weight is 462 g/mol. The maximum atomic E-state index is 12.6. The number of alkyl halides is 2. The zero-order valence-electron chi connectivity index (χ0n) is 17.1. The van der Waals surface area contributed by atoms with Gasteiger partial charge in [0.05, 0.1) is 12.0 Å². The zero-order chi connectivity index (χ0) is 23.3. The predicted octanol–water partition coefficient (Wildman–Crippen LogP) is 4.66. The second kappa shape index (κ2) is 9.65. The van der Waals surface area contributed by atoms with Gasteiger partial charge in [-0.3, -0.25) is 9.52 Å². The Morgan fingerprint density at radius 1 is 0.906 bits per heavy atom. The minimum absolute atomic E-state index is 0.0216. The first kappa shape index (κ1) is 23.0. The van der Waals surface area contributed by atoms with E-state index in [9.17, 15) is 22.0 Å². The van der Waals surface area contributed by atoms with Crippen LogP contribution in [-0.4, -0.2) is 28.0 Å². The minimum Gasteiger partial charge on any atom is -0.493 e. The van der Waals surface area contributed by atoms with Gasteiger partial charge in [-0.15, -0.1) is 0 Å². The molecule has 0 radical (unpaired) electrons. The van der Waals surface area contributed by atoms with Gasteiger partial charge in [-0.1, -0.05) is 17.7 Å². The van der Waals surface area contributed by atoms with E-state index in [-0.39, 0.29) is 27.6 Å². The molecule has 1 amide bonds. The molecule has 0 aliphatic heterocycles. The number of hydrogen-bond donors (Lipinski definition) is 2. The maximum absolute atomic E-state index is 12.6. The van der Waals surface area contributed by atoms with Gasteiger partial charge in [0.25, 0.3) is 15.9 Å². The lowest BCUT2D eigenvalue weighted by Gasteiger charge is -2.12. The highest BCUT2D eigenvalue weighted by molar-refractivity contribution is 7.92. The fourth-order valence-electron chi connectivity index (χ4n) is 2.77. The van der Waals surface area contributed by atoms with Crippen molar-refractivity contribution in [3.05, 3.63) is 77.9 Å². The van der Waals surface area contributed by atoms with E-state index >= 15 is 0 Å². The zero-order valence-corrected chi connectivity index (χ0v) is 18.0. The number of amides is 1. The molecule has 0 saturated carbocycles. The first-order valence-electron chi connectivity index (χ1n) is 9.32.